The van der Waals surface area contributed by atoms with Crippen LogP contribution in [0.2, 0.25) is 0 Å². The predicted octanol–water partition coefficient (Wildman–Crippen LogP) is 2.59. The highest BCUT2D eigenvalue weighted by atomic mass is 16.5. The Morgan fingerprint density at radius 3 is 2.64 bits per heavy atom. The predicted molar refractivity (Wildman–Crippen MR) is 105 cm³/mol. The molecule has 1 amide bonds. The Bertz CT molecular complexity index is 751. The summed E-state index contributed by atoms with van der Waals surface area (Å²) in [5, 5.41) is 0. The fourth-order valence-corrected chi connectivity index (χ4v) is 4.25. The van der Waals surface area contributed by atoms with Crippen LogP contribution in [0, 0.1) is 11.3 Å². The van der Waals surface area contributed by atoms with Crippen LogP contribution in [0.15, 0.2) is 18.2 Å². The molecule has 2 aliphatic heterocycles. The number of likely N-dealkylation sites (tertiary alicyclic amines) is 1. The van der Waals surface area contributed by atoms with Gasteiger partial charge in [-0.25, -0.2) is 0 Å². The van der Waals surface area contributed by atoms with Crippen LogP contribution in [0.5, 0.6) is 5.75 Å². The lowest BCUT2D eigenvalue weighted by molar-refractivity contribution is -0.147. The lowest BCUT2D eigenvalue weighted by Crippen LogP contribution is -2.37. The van der Waals surface area contributed by atoms with E-state index in [0.717, 1.165) is 56.6 Å². The van der Waals surface area contributed by atoms with Gasteiger partial charge >= 0.3 is 5.97 Å². The third kappa shape index (κ3) is 4.02. The summed E-state index contributed by atoms with van der Waals surface area (Å²) in [4.78, 5) is 28.8. The third-order valence-electron chi connectivity index (χ3n) is 6.44. The summed E-state index contributed by atoms with van der Waals surface area (Å²) < 4.78 is 10.8. The Balaban J connectivity index is 1.40. The summed E-state index contributed by atoms with van der Waals surface area (Å²) in [5.41, 5.74) is 2.18. The second kappa shape index (κ2) is 7.74. The molecule has 0 N–H and O–H groups in total. The van der Waals surface area contributed by atoms with Gasteiger partial charge < -0.3 is 14.4 Å². The average molecular weight is 386 g/mol. The number of piperidine rings is 1. The lowest BCUT2D eigenvalue weighted by atomic mass is 9.96. The maximum absolute atomic E-state index is 12.8. The average Bonchev–Trinajstić information content (AvgIpc) is 3.49. The first kappa shape index (κ1) is 19.2. The number of carbonyl (C=O) groups is 2. The molecule has 3 aliphatic rings. The summed E-state index contributed by atoms with van der Waals surface area (Å²) in [6.07, 6.45) is 3.69. The molecule has 1 aliphatic carbocycles. The zero-order valence-electron chi connectivity index (χ0n) is 16.9. The van der Waals surface area contributed by atoms with Gasteiger partial charge in [0, 0.05) is 24.1 Å². The van der Waals surface area contributed by atoms with E-state index in [1.54, 1.807) is 0 Å². The van der Waals surface area contributed by atoms with E-state index < -0.39 is 0 Å². The molecule has 0 aromatic heterocycles. The fraction of sp³-hybridized carbons (Fsp3) is 0.636. The number of hydrogen-bond acceptors (Lipinski definition) is 5. The molecule has 152 valence electrons. The van der Waals surface area contributed by atoms with Crippen molar-refractivity contribution >= 4 is 11.9 Å². The van der Waals surface area contributed by atoms with Crippen molar-refractivity contribution in [3.05, 3.63) is 29.3 Å². The number of benzene rings is 1. The normalized spacial score (nSPS) is 22.0. The first-order chi connectivity index (χ1) is 13.5. The number of hydrogen-bond donors (Lipinski definition) is 0. The summed E-state index contributed by atoms with van der Waals surface area (Å²) in [6, 6.07) is 6.34. The highest BCUT2D eigenvalue weighted by Crippen LogP contribution is 2.47. The lowest BCUT2D eigenvalue weighted by Gasteiger charge is -2.30. The Morgan fingerprint density at radius 2 is 1.96 bits per heavy atom. The van der Waals surface area contributed by atoms with Crippen molar-refractivity contribution in [3.63, 3.8) is 0 Å². The molecule has 1 saturated heterocycles. The first-order valence-electron chi connectivity index (χ1n) is 10.3. The molecule has 1 saturated carbocycles. The molecule has 6 nitrogen and oxygen atoms in total. The van der Waals surface area contributed by atoms with Crippen molar-refractivity contribution in [3.8, 4) is 5.75 Å². The quantitative estimate of drug-likeness (QED) is 0.745. The minimum Gasteiger partial charge on any atom is -0.491 e. The largest absolute Gasteiger partial charge is 0.491 e. The van der Waals surface area contributed by atoms with Crippen molar-refractivity contribution in [2.75, 3.05) is 33.4 Å². The molecule has 2 fully saturated rings. The summed E-state index contributed by atoms with van der Waals surface area (Å²) in [7, 11) is 1.46. The maximum Gasteiger partial charge on any atom is 0.308 e. The Labute approximate surface area is 166 Å². The van der Waals surface area contributed by atoms with E-state index in [1.807, 2.05) is 11.0 Å². The second-order valence-electron chi connectivity index (χ2n) is 8.65. The third-order valence-corrected chi connectivity index (χ3v) is 6.44. The topological polar surface area (TPSA) is 59.1 Å². The number of carbonyl (C=O) groups excluding carboxylic acids is 2. The van der Waals surface area contributed by atoms with E-state index in [-0.39, 0.29) is 23.2 Å². The van der Waals surface area contributed by atoms with E-state index in [9.17, 15) is 9.59 Å². The number of esters is 1. The standard InChI is InChI=1S/C22H30N2O4/c1-22(7-8-22)21(26)24-11-12-28-19-4-3-16(13-18(19)15-24)14-23-9-5-17(6-10-23)20(25)27-2/h3-4,13,17H,5-12,14-15H2,1-2H3. The molecule has 0 atom stereocenters. The minimum absolute atomic E-state index is 0.0325. The van der Waals surface area contributed by atoms with Gasteiger partial charge in [-0.3, -0.25) is 14.5 Å². The number of methoxy groups -OCH3 is 1. The van der Waals surface area contributed by atoms with Gasteiger partial charge in [-0.05, 0) is 56.5 Å². The van der Waals surface area contributed by atoms with Crippen LogP contribution < -0.4 is 4.74 Å². The van der Waals surface area contributed by atoms with Crippen LogP contribution in [0.1, 0.15) is 43.7 Å². The molecule has 28 heavy (non-hydrogen) atoms. The summed E-state index contributed by atoms with van der Waals surface area (Å²) in [5.74, 6) is 1.10. The molecular weight excluding hydrogens is 356 g/mol. The van der Waals surface area contributed by atoms with Gasteiger partial charge in [0.05, 0.1) is 19.6 Å². The van der Waals surface area contributed by atoms with Crippen molar-refractivity contribution < 1.29 is 19.1 Å². The van der Waals surface area contributed by atoms with Crippen LogP contribution in [-0.2, 0) is 27.4 Å². The van der Waals surface area contributed by atoms with Crippen LogP contribution in [0.3, 0.4) is 0 Å². The van der Waals surface area contributed by atoms with Crippen molar-refractivity contribution in [1.82, 2.24) is 9.80 Å². The molecule has 0 spiro atoms. The summed E-state index contributed by atoms with van der Waals surface area (Å²) in [6.45, 7) is 6.55. The molecular formula is C22H30N2O4. The SMILES string of the molecule is COC(=O)C1CCN(Cc2ccc3c(c2)CN(C(=O)C2(C)CC2)CCO3)CC1. The number of nitrogens with zero attached hydrogens (tertiary/aromatic N) is 2. The van der Waals surface area contributed by atoms with Gasteiger partial charge in [0.15, 0.2) is 0 Å². The van der Waals surface area contributed by atoms with Gasteiger partial charge in [0.25, 0.3) is 0 Å². The van der Waals surface area contributed by atoms with E-state index in [2.05, 4.69) is 24.0 Å². The van der Waals surface area contributed by atoms with Crippen LogP contribution in [0.25, 0.3) is 0 Å². The molecule has 1 aromatic rings. The molecule has 4 rings (SSSR count). The monoisotopic (exact) mass is 386 g/mol. The van der Waals surface area contributed by atoms with E-state index >= 15 is 0 Å². The number of amides is 1. The Hall–Kier alpha value is -2.08. The molecule has 0 bridgehead atoms. The number of rotatable bonds is 4. The number of ether oxygens (including phenoxy) is 2. The van der Waals surface area contributed by atoms with Crippen molar-refractivity contribution in [2.24, 2.45) is 11.3 Å². The van der Waals surface area contributed by atoms with E-state index in [0.29, 0.717) is 19.7 Å². The fourth-order valence-electron chi connectivity index (χ4n) is 4.25. The van der Waals surface area contributed by atoms with Gasteiger partial charge in [-0.1, -0.05) is 13.0 Å². The maximum atomic E-state index is 12.8. The molecule has 6 heteroatoms. The Morgan fingerprint density at radius 1 is 1.21 bits per heavy atom. The Kier molecular flexibility index (Phi) is 5.32. The van der Waals surface area contributed by atoms with Crippen LogP contribution in [0.4, 0.5) is 0 Å². The van der Waals surface area contributed by atoms with Crippen LogP contribution >= 0.6 is 0 Å². The van der Waals surface area contributed by atoms with E-state index in [4.69, 9.17) is 9.47 Å². The van der Waals surface area contributed by atoms with Crippen molar-refractivity contribution in [1.29, 1.82) is 0 Å². The smallest absolute Gasteiger partial charge is 0.308 e. The molecule has 1 aromatic carbocycles. The van der Waals surface area contributed by atoms with Gasteiger partial charge in [-0.2, -0.15) is 0 Å². The highest BCUT2D eigenvalue weighted by molar-refractivity contribution is 5.85. The second-order valence-corrected chi connectivity index (χ2v) is 8.65. The van der Waals surface area contributed by atoms with Crippen LogP contribution in [-0.4, -0.2) is 55.0 Å². The molecule has 0 radical (unpaired) electrons. The molecule has 2 heterocycles. The zero-order valence-corrected chi connectivity index (χ0v) is 16.9. The van der Waals surface area contributed by atoms with Gasteiger partial charge in [0.2, 0.25) is 5.91 Å². The molecule has 0 unspecified atom stereocenters. The van der Waals surface area contributed by atoms with E-state index in [1.165, 1.54) is 12.7 Å². The van der Waals surface area contributed by atoms with Crippen molar-refractivity contribution in [2.45, 2.75) is 45.7 Å². The minimum atomic E-state index is -0.147. The first-order valence-corrected chi connectivity index (χ1v) is 10.3. The summed E-state index contributed by atoms with van der Waals surface area (Å²) >= 11 is 0. The highest BCUT2D eigenvalue weighted by Gasteiger charge is 2.47. The zero-order chi connectivity index (χ0) is 19.7. The van der Waals surface area contributed by atoms with Gasteiger partial charge in [0.1, 0.15) is 12.4 Å². The van der Waals surface area contributed by atoms with Gasteiger partial charge in [-0.15, -0.1) is 0 Å². The number of fused-ring (bicyclic) bond motifs is 1.